The predicted octanol–water partition coefficient (Wildman–Crippen LogP) is -1.62. The number of carbonyl (C=O) groups excluding carboxylic acids is 1. The second kappa shape index (κ2) is 7.70. The summed E-state index contributed by atoms with van der Waals surface area (Å²) in [5, 5.41) is 39.3. The van der Waals surface area contributed by atoms with E-state index in [1.54, 1.807) is 6.20 Å². The molecule has 6 atom stereocenters. The Hall–Kier alpha value is -2.01. The normalized spacial score (nSPS) is 30.3. The highest BCUT2D eigenvalue weighted by Gasteiger charge is 2.43. The number of nitrogens with two attached hydrogens (primary N) is 1. The number of aromatic amines is 1. The number of aliphatic hydroxyl groups excluding tert-OH is 4. The first-order valence-electron chi connectivity index (χ1n) is 8.23. The Balaban J connectivity index is 1.56. The summed E-state index contributed by atoms with van der Waals surface area (Å²) < 4.78 is 9.99. The van der Waals surface area contributed by atoms with Gasteiger partial charge < -0.3 is 40.6 Å². The lowest BCUT2D eigenvalue weighted by atomic mass is 9.99. The minimum absolute atomic E-state index is 0.251. The highest BCUT2D eigenvalue weighted by atomic mass is 16.6. The highest BCUT2D eigenvalue weighted by molar-refractivity contribution is 5.84. The molecule has 0 aliphatic carbocycles. The van der Waals surface area contributed by atoms with Crippen molar-refractivity contribution >= 4 is 16.9 Å². The predicted molar refractivity (Wildman–Crippen MR) is 89.8 cm³/mol. The summed E-state index contributed by atoms with van der Waals surface area (Å²) in [5.74, 6) is -0.707. The molecule has 0 bridgehead atoms. The summed E-state index contributed by atoms with van der Waals surface area (Å²) >= 11 is 0. The number of aliphatic hydroxyl groups is 4. The van der Waals surface area contributed by atoms with Gasteiger partial charge in [0.15, 0.2) is 6.29 Å². The van der Waals surface area contributed by atoms with Gasteiger partial charge in [-0.2, -0.15) is 0 Å². The van der Waals surface area contributed by atoms with Crippen LogP contribution in [-0.2, 0) is 20.7 Å². The second-order valence-electron chi connectivity index (χ2n) is 6.34. The van der Waals surface area contributed by atoms with Crippen LogP contribution in [0.15, 0.2) is 30.5 Å². The van der Waals surface area contributed by atoms with Gasteiger partial charge in [-0.05, 0) is 11.6 Å². The topological polar surface area (TPSA) is 158 Å². The number of hydrogen-bond acceptors (Lipinski definition) is 8. The molecular weight excluding hydrogens is 344 g/mol. The SMILES string of the molecule is N[C@@H](Cc1c[nH]c2ccccc12)C(=O)OC[C@@H]1O[C@@H](O)[C@H](O)[C@H](O)[C@H]1O. The van der Waals surface area contributed by atoms with Crippen LogP contribution in [0.25, 0.3) is 10.9 Å². The van der Waals surface area contributed by atoms with Crippen molar-refractivity contribution in [2.75, 3.05) is 6.61 Å². The van der Waals surface area contributed by atoms with Gasteiger partial charge in [0.1, 0.15) is 37.1 Å². The minimum atomic E-state index is -1.68. The molecule has 1 saturated heterocycles. The molecule has 9 heteroatoms. The Morgan fingerprint density at radius 3 is 2.69 bits per heavy atom. The van der Waals surface area contributed by atoms with Crippen molar-refractivity contribution in [1.82, 2.24) is 4.98 Å². The molecule has 0 radical (unpaired) electrons. The van der Waals surface area contributed by atoms with Gasteiger partial charge in [-0.25, -0.2) is 0 Å². The van der Waals surface area contributed by atoms with Gasteiger partial charge in [0.25, 0.3) is 0 Å². The highest BCUT2D eigenvalue weighted by Crippen LogP contribution is 2.21. The van der Waals surface area contributed by atoms with E-state index >= 15 is 0 Å². The quantitative estimate of drug-likeness (QED) is 0.345. The van der Waals surface area contributed by atoms with Gasteiger partial charge >= 0.3 is 5.97 Å². The number of rotatable bonds is 5. The van der Waals surface area contributed by atoms with Crippen LogP contribution in [0.4, 0.5) is 0 Å². The monoisotopic (exact) mass is 366 g/mol. The smallest absolute Gasteiger partial charge is 0.323 e. The third-order valence-electron chi connectivity index (χ3n) is 4.49. The van der Waals surface area contributed by atoms with Gasteiger partial charge in [0.2, 0.25) is 0 Å². The molecule has 7 N–H and O–H groups in total. The van der Waals surface area contributed by atoms with Gasteiger partial charge in [-0.3, -0.25) is 4.79 Å². The van der Waals surface area contributed by atoms with Crippen LogP contribution >= 0.6 is 0 Å². The fourth-order valence-corrected chi connectivity index (χ4v) is 2.96. The fourth-order valence-electron chi connectivity index (χ4n) is 2.96. The molecule has 3 rings (SSSR count). The van der Waals surface area contributed by atoms with Crippen LogP contribution in [0.1, 0.15) is 5.56 Å². The van der Waals surface area contributed by atoms with Crippen molar-refractivity contribution in [2.45, 2.75) is 43.2 Å². The number of H-pyrrole nitrogens is 1. The lowest BCUT2D eigenvalue weighted by Crippen LogP contribution is -2.58. The lowest BCUT2D eigenvalue weighted by Gasteiger charge is -2.37. The van der Waals surface area contributed by atoms with E-state index < -0.39 is 49.3 Å². The molecule has 1 fully saturated rings. The Morgan fingerprint density at radius 2 is 1.92 bits per heavy atom. The maximum atomic E-state index is 12.1. The number of para-hydroxylation sites is 1. The van der Waals surface area contributed by atoms with Gasteiger partial charge in [0.05, 0.1) is 0 Å². The van der Waals surface area contributed by atoms with E-state index in [9.17, 15) is 25.2 Å². The third-order valence-corrected chi connectivity index (χ3v) is 4.49. The number of ether oxygens (including phenoxy) is 2. The Kier molecular flexibility index (Phi) is 5.56. The largest absolute Gasteiger partial charge is 0.462 e. The summed E-state index contributed by atoms with van der Waals surface area (Å²) in [7, 11) is 0. The standard InChI is InChI=1S/C17H22N2O7/c18-10(5-8-6-19-11-4-2-1-3-9(8)11)16(23)25-7-12-13(20)14(21)15(22)17(24)26-12/h1-4,6,10,12-15,17,19-22,24H,5,7,18H2/t10-,12-,13-,14+,15+,17+/m0/s1. The molecule has 0 spiro atoms. The third kappa shape index (κ3) is 3.73. The molecule has 1 aromatic heterocycles. The number of nitrogens with one attached hydrogen (secondary N) is 1. The fraction of sp³-hybridized carbons (Fsp3) is 0.471. The first-order valence-corrected chi connectivity index (χ1v) is 8.23. The van der Waals surface area contributed by atoms with Gasteiger partial charge in [-0.1, -0.05) is 18.2 Å². The van der Waals surface area contributed by atoms with Crippen LogP contribution in [-0.4, -0.2) is 74.7 Å². The average molecular weight is 366 g/mol. The Labute approximate surface area is 149 Å². The van der Waals surface area contributed by atoms with Crippen molar-refractivity contribution < 1.29 is 34.7 Å². The van der Waals surface area contributed by atoms with Crippen molar-refractivity contribution in [2.24, 2.45) is 5.73 Å². The summed E-state index contributed by atoms with van der Waals surface area (Å²) in [5.41, 5.74) is 7.70. The molecule has 142 valence electrons. The van der Waals surface area contributed by atoms with Crippen LogP contribution in [0.3, 0.4) is 0 Å². The molecule has 2 aromatic rings. The molecule has 9 nitrogen and oxygen atoms in total. The molecule has 0 saturated carbocycles. The minimum Gasteiger partial charge on any atom is -0.462 e. The van der Waals surface area contributed by atoms with Crippen molar-refractivity contribution in [3.8, 4) is 0 Å². The molecule has 1 aliphatic heterocycles. The molecule has 1 aromatic carbocycles. The first kappa shape index (κ1) is 18.8. The zero-order valence-electron chi connectivity index (χ0n) is 13.9. The maximum Gasteiger partial charge on any atom is 0.323 e. The maximum absolute atomic E-state index is 12.1. The Morgan fingerprint density at radius 1 is 1.19 bits per heavy atom. The Bertz CT molecular complexity index is 764. The van der Waals surface area contributed by atoms with Crippen molar-refractivity contribution in [3.05, 3.63) is 36.0 Å². The van der Waals surface area contributed by atoms with E-state index in [4.69, 9.17) is 15.2 Å². The molecule has 2 heterocycles. The van der Waals surface area contributed by atoms with Crippen LogP contribution < -0.4 is 5.73 Å². The van der Waals surface area contributed by atoms with E-state index in [-0.39, 0.29) is 6.42 Å². The first-order chi connectivity index (χ1) is 12.4. The molecular formula is C17H22N2O7. The molecule has 0 amide bonds. The van der Waals surface area contributed by atoms with Crippen LogP contribution in [0.2, 0.25) is 0 Å². The van der Waals surface area contributed by atoms with Crippen LogP contribution in [0.5, 0.6) is 0 Å². The lowest BCUT2D eigenvalue weighted by molar-refractivity contribution is -0.287. The van der Waals surface area contributed by atoms with Crippen LogP contribution in [0, 0.1) is 0 Å². The van der Waals surface area contributed by atoms with Gasteiger partial charge in [0, 0.05) is 23.5 Å². The zero-order valence-corrected chi connectivity index (χ0v) is 13.9. The van der Waals surface area contributed by atoms with E-state index in [0.29, 0.717) is 0 Å². The van der Waals surface area contributed by atoms with E-state index in [1.165, 1.54) is 0 Å². The molecule has 26 heavy (non-hydrogen) atoms. The van der Waals surface area contributed by atoms with E-state index in [0.717, 1.165) is 16.5 Å². The zero-order chi connectivity index (χ0) is 18.8. The number of fused-ring (bicyclic) bond motifs is 1. The molecule has 1 aliphatic rings. The van der Waals surface area contributed by atoms with E-state index in [1.807, 2.05) is 24.3 Å². The second-order valence-corrected chi connectivity index (χ2v) is 6.34. The van der Waals surface area contributed by atoms with Crippen molar-refractivity contribution in [3.63, 3.8) is 0 Å². The number of benzene rings is 1. The molecule has 0 unspecified atom stereocenters. The average Bonchev–Trinajstić information content (AvgIpc) is 3.04. The van der Waals surface area contributed by atoms with Gasteiger partial charge in [-0.15, -0.1) is 0 Å². The summed E-state index contributed by atoms with van der Waals surface area (Å²) in [6.07, 6.45) is -5.58. The summed E-state index contributed by atoms with van der Waals surface area (Å²) in [4.78, 5) is 15.2. The summed E-state index contributed by atoms with van der Waals surface area (Å²) in [6, 6.07) is 6.67. The number of carbonyl (C=O) groups is 1. The van der Waals surface area contributed by atoms with E-state index in [2.05, 4.69) is 4.98 Å². The number of hydrogen-bond donors (Lipinski definition) is 6. The number of esters is 1. The summed E-state index contributed by atoms with van der Waals surface area (Å²) in [6.45, 7) is -0.414. The number of aromatic nitrogens is 1. The van der Waals surface area contributed by atoms with Crippen molar-refractivity contribution in [1.29, 1.82) is 0 Å².